The summed E-state index contributed by atoms with van der Waals surface area (Å²) < 4.78 is 5.11. The van der Waals surface area contributed by atoms with Gasteiger partial charge in [-0.2, -0.15) is 0 Å². The Morgan fingerprint density at radius 3 is 2.76 bits per heavy atom. The quantitative estimate of drug-likeness (QED) is 0.581. The molecule has 1 saturated carbocycles. The fourth-order valence-electron chi connectivity index (χ4n) is 2.14. The van der Waals surface area contributed by atoms with Crippen LogP contribution in [0.2, 0.25) is 0 Å². The minimum Gasteiger partial charge on any atom is -0.398 e. The van der Waals surface area contributed by atoms with E-state index in [4.69, 9.17) is 10.5 Å². The van der Waals surface area contributed by atoms with Gasteiger partial charge in [-0.1, -0.05) is 18.2 Å². The van der Waals surface area contributed by atoms with E-state index in [0.29, 0.717) is 0 Å². The van der Waals surface area contributed by atoms with E-state index in [9.17, 15) is 0 Å². The molecule has 17 heavy (non-hydrogen) atoms. The molecule has 1 aromatic rings. The predicted octanol–water partition coefficient (Wildman–Crippen LogP) is 2.27. The molecule has 2 N–H and O–H groups in total. The molecule has 0 radical (unpaired) electrons. The third-order valence-electron chi connectivity index (χ3n) is 3.29. The smallest absolute Gasteiger partial charge is 0.0474 e. The highest BCUT2D eigenvalue weighted by molar-refractivity contribution is 5.46. The minimum atomic E-state index is 0.770. The van der Waals surface area contributed by atoms with Gasteiger partial charge in [0, 0.05) is 38.5 Å². The zero-order valence-electron chi connectivity index (χ0n) is 10.6. The lowest BCUT2D eigenvalue weighted by molar-refractivity contribution is 0.166. The van der Waals surface area contributed by atoms with Crippen LogP contribution in [0, 0.1) is 0 Å². The van der Waals surface area contributed by atoms with E-state index in [2.05, 4.69) is 17.0 Å². The number of para-hydroxylation sites is 1. The normalized spacial score (nSPS) is 15.4. The largest absolute Gasteiger partial charge is 0.398 e. The second-order valence-corrected chi connectivity index (χ2v) is 4.75. The maximum absolute atomic E-state index is 5.99. The molecule has 94 valence electrons. The van der Waals surface area contributed by atoms with Crippen molar-refractivity contribution in [2.24, 2.45) is 0 Å². The molecular weight excluding hydrogens is 212 g/mol. The lowest BCUT2D eigenvalue weighted by atomic mass is 10.1. The van der Waals surface area contributed by atoms with Crippen LogP contribution in [-0.2, 0) is 11.3 Å². The van der Waals surface area contributed by atoms with E-state index < -0.39 is 0 Å². The number of nitrogens with zero attached hydrogens (tertiary/aromatic N) is 1. The molecule has 0 aliphatic heterocycles. The molecule has 0 unspecified atom stereocenters. The molecule has 0 amide bonds. The van der Waals surface area contributed by atoms with Gasteiger partial charge in [0.25, 0.3) is 0 Å². The SMILES string of the molecule is COCCCN(Cc1ccccc1N)C1CC1. The second-order valence-electron chi connectivity index (χ2n) is 4.75. The molecule has 1 fully saturated rings. The van der Waals surface area contributed by atoms with E-state index in [1.807, 2.05) is 12.1 Å². The molecule has 0 aromatic heterocycles. The summed E-state index contributed by atoms with van der Waals surface area (Å²) in [5, 5.41) is 0. The van der Waals surface area contributed by atoms with Crippen molar-refractivity contribution < 1.29 is 4.74 Å². The molecule has 0 heterocycles. The molecule has 1 aliphatic carbocycles. The van der Waals surface area contributed by atoms with E-state index >= 15 is 0 Å². The monoisotopic (exact) mass is 234 g/mol. The summed E-state index contributed by atoms with van der Waals surface area (Å²) >= 11 is 0. The Bertz CT molecular complexity index is 350. The molecule has 3 nitrogen and oxygen atoms in total. The third kappa shape index (κ3) is 3.72. The van der Waals surface area contributed by atoms with Crippen molar-refractivity contribution in [1.82, 2.24) is 4.90 Å². The molecule has 0 saturated heterocycles. The molecule has 2 rings (SSSR count). The molecule has 0 atom stereocenters. The molecule has 1 aliphatic rings. The van der Waals surface area contributed by atoms with Gasteiger partial charge in [0.15, 0.2) is 0 Å². The number of nitrogen functional groups attached to an aromatic ring is 1. The second kappa shape index (κ2) is 6.03. The summed E-state index contributed by atoms with van der Waals surface area (Å²) in [6.45, 7) is 2.92. The number of ether oxygens (including phenoxy) is 1. The average Bonchev–Trinajstić information content (AvgIpc) is 3.15. The summed E-state index contributed by atoms with van der Waals surface area (Å²) in [4.78, 5) is 2.53. The Balaban J connectivity index is 1.91. The number of anilines is 1. The number of rotatable bonds is 7. The van der Waals surface area contributed by atoms with Crippen LogP contribution in [0.3, 0.4) is 0 Å². The van der Waals surface area contributed by atoms with Crippen LogP contribution in [0.25, 0.3) is 0 Å². The van der Waals surface area contributed by atoms with Crippen molar-refractivity contribution in [2.75, 3.05) is 26.0 Å². The first kappa shape index (κ1) is 12.4. The highest BCUT2D eigenvalue weighted by Gasteiger charge is 2.28. The topological polar surface area (TPSA) is 38.5 Å². The van der Waals surface area contributed by atoms with Gasteiger partial charge in [-0.05, 0) is 30.9 Å². The Labute approximate surface area is 104 Å². The number of hydrogen-bond acceptors (Lipinski definition) is 3. The Kier molecular flexibility index (Phi) is 4.40. The summed E-state index contributed by atoms with van der Waals surface area (Å²) in [5.41, 5.74) is 8.15. The van der Waals surface area contributed by atoms with Gasteiger partial charge >= 0.3 is 0 Å². The molecule has 3 heteroatoms. The van der Waals surface area contributed by atoms with Gasteiger partial charge in [-0.15, -0.1) is 0 Å². The summed E-state index contributed by atoms with van der Waals surface area (Å²) in [5.74, 6) is 0. The number of benzene rings is 1. The van der Waals surface area contributed by atoms with E-state index in [1.54, 1.807) is 7.11 Å². The molecular formula is C14H22N2O. The van der Waals surface area contributed by atoms with Gasteiger partial charge in [0.1, 0.15) is 0 Å². The predicted molar refractivity (Wildman–Crippen MR) is 70.8 cm³/mol. The van der Waals surface area contributed by atoms with E-state index in [-0.39, 0.29) is 0 Å². The fraction of sp³-hybridized carbons (Fsp3) is 0.571. The zero-order valence-corrected chi connectivity index (χ0v) is 10.6. The van der Waals surface area contributed by atoms with Crippen molar-refractivity contribution in [2.45, 2.75) is 31.8 Å². The third-order valence-corrected chi connectivity index (χ3v) is 3.29. The minimum absolute atomic E-state index is 0.770. The van der Waals surface area contributed by atoms with Gasteiger partial charge < -0.3 is 10.5 Å². The lowest BCUT2D eigenvalue weighted by Gasteiger charge is -2.22. The van der Waals surface area contributed by atoms with Crippen LogP contribution in [-0.4, -0.2) is 31.2 Å². The molecule has 0 spiro atoms. The van der Waals surface area contributed by atoms with E-state index in [1.165, 1.54) is 18.4 Å². The van der Waals surface area contributed by atoms with E-state index in [0.717, 1.165) is 37.8 Å². The van der Waals surface area contributed by atoms with Gasteiger partial charge in [-0.25, -0.2) is 0 Å². The number of nitrogens with two attached hydrogens (primary N) is 1. The molecule has 0 bridgehead atoms. The van der Waals surface area contributed by atoms with Crippen molar-refractivity contribution in [1.29, 1.82) is 0 Å². The summed E-state index contributed by atoms with van der Waals surface area (Å²) in [7, 11) is 1.76. The van der Waals surface area contributed by atoms with Crippen LogP contribution < -0.4 is 5.73 Å². The van der Waals surface area contributed by atoms with Crippen LogP contribution in [0.15, 0.2) is 24.3 Å². The van der Waals surface area contributed by atoms with Gasteiger partial charge in [0.2, 0.25) is 0 Å². The number of hydrogen-bond donors (Lipinski definition) is 1. The van der Waals surface area contributed by atoms with Crippen LogP contribution >= 0.6 is 0 Å². The molecule has 1 aromatic carbocycles. The fourth-order valence-corrected chi connectivity index (χ4v) is 2.14. The highest BCUT2D eigenvalue weighted by Crippen LogP contribution is 2.29. The van der Waals surface area contributed by atoms with Crippen molar-refractivity contribution in [3.05, 3.63) is 29.8 Å². The first-order valence-electron chi connectivity index (χ1n) is 6.37. The van der Waals surface area contributed by atoms with Gasteiger partial charge in [-0.3, -0.25) is 4.90 Å². The van der Waals surface area contributed by atoms with Crippen LogP contribution in [0.5, 0.6) is 0 Å². The van der Waals surface area contributed by atoms with Crippen molar-refractivity contribution >= 4 is 5.69 Å². The zero-order chi connectivity index (χ0) is 12.1. The summed E-state index contributed by atoms with van der Waals surface area (Å²) in [6, 6.07) is 8.93. The van der Waals surface area contributed by atoms with Crippen LogP contribution in [0.1, 0.15) is 24.8 Å². The average molecular weight is 234 g/mol. The first-order chi connectivity index (χ1) is 8.31. The highest BCUT2D eigenvalue weighted by atomic mass is 16.5. The Hall–Kier alpha value is -1.06. The maximum Gasteiger partial charge on any atom is 0.0474 e. The lowest BCUT2D eigenvalue weighted by Crippen LogP contribution is -2.27. The maximum atomic E-state index is 5.99. The Morgan fingerprint density at radius 2 is 2.12 bits per heavy atom. The van der Waals surface area contributed by atoms with Crippen molar-refractivity contribution in [3.63, 3.8) is 0 Å². The standard InChI is InChI=1S/C14H22N2O/c1-17-10-4-9-16(13-7-8-13)11-12-5-2-3-6-14(12)15/h2-3,5-6,13H,4,7-11,15H2,1H3. The first-order valence-corrected chi connectivity index (χ1v) is 6.37. The Morgan fingerprint density at radius 1 is 1.35 bits per heavy atom. The van der Waals surface area contributed by atoms with Gasteiger partial charge in [0.05, 0.1) is 0 Å². The number of methoxy groups -OCH3 is 1. The van der Waals surface area contributed by atoms with Crippen molar-refractivity contribution in [3.8, 4) is 0 Å². The van der Waals surface area contributed by atoms with Crippen LogP contribution in [0.4, 0.5) is 5.69 Å². The summed E-state index contributed by atoms with van der Waals surface area (Å²) in [6.07, 6.45) is 3.76.